The van der Waals surface area contributed by atoms with Gasteiger partial charge in [-0.05, 0) is 32.8 Å². The standard InChI is InChI=1S/C15H18N4O2S/c1-9-8-19-12(10(2)17-15(19)22-9)5-6-13(20)18-11-4-3-7-16-14(11)21/h5-6,8,11H,3-4,7H2,1-2H3,(H,16,21)(H,18,20). The third-order valence-corrected chi connectivity index (χ3v) is 4.56. The van der Waals surface area contributed by atoms with Gasteiger partial charge in [-0.15, -0.1) is 11.3 Å². The lowest BCUT2D eigenvalue weighted by Gasteiger charge is -2.22. The van der Waals surface area contributed by atoms with Crippen molar-refractivity contribution in [2.75, 3.05) is 6.54 Å². The molecule has 0 bridgehead atoms. The average Bonchev–Trinajstić information content (AvgIpc) is 2.94. The number of nitrogens with one attached hydrogen (secondary N) is 2. The number of amides is 2. The molecule has 1 aliphatic heterocycles. The second-order valence-corrected chi connectivity index (χ2v) is 6.62. The van der Waals surface area contributed by atoms with Crippen LogP contribution in [0.4, 0.5) is 0 Å². The predicted octanol–water partition coefficient (Wildman–Crippen LogP) is 1.42. The number of aryl methyl sites for hydroxylation is 2. The fraction of sp³-hybridized carbons (Fsp3) is 0.400. The summed E-state index contributed by atoms with van der Waals surface area (Å²) in [4.78, 5) is 30.2. The Balaban J connectivity index is 1.73. The van der Waals surface area contributed by atoms with Gasteiger partial charge in [0.2, 0.25) is 11.8 Å². The van der Waals surface area contributed by atoms with E-state index in [1.807, 2.05) is 24.4 Å². The molecule has 3 rings (SSSR count). The first-order chi connectivity index (χ1) is 10.5. The van der Waals surface area contributed by atoms with Gasteiger partial charge in [-0.25, -0.2) is 4.98 Å². The molecule has 2 aromatic rings. The Labute approximate surface area is 132 Å². The van der Waals surface area contributed by atoms with Crippen LogP contribution in [0, 0.1) is 13.8 Å². The summed E-state index contributed by atoms with van der Waals surface area (Å²) in [6.07, 6.45) is 6.79. The third kappa shape index (κ3) is 2.89. The second-order valence-electron chi connectivity index (χ2n) is 5.40. The second kappa shape index (κ2) is 5.92. The van der Waals surface area contributed by atoms with E-state index in [0.29, 0.717) is 13.0 Å². The van der Waals surface area contributed by atoms with Crippen molar-refractivity contribution >= 4 is 34.2 Å². The van der Waals surface area contributed by atoms with Crippen LogP contribution >= 0.6 is 11.3 Å². The van der Waals surface area contributed by atoms with E-state index in [2.05, 4.69) is 15.6 Å². The number of thiazole rings is 1. The lowest BCUT2D eigenvalue weighted by molar-refractivity contribution is -0.128. The summed E-state index contributed by atoms with van der Waals surface area (Å²) in [5.41, 5.74) is 1.77. The summed E-state index contributed by atoms with van der Waals surface area (Å²) in [5, 5.41) is 5.49. The smallest absolute Gasteiger partial charge is 0.244 e. The number of imidazole rings is 1. The normalized spacial score (nSPS) is 18.8. The fourth-order valence-electron chi connectivity index (χ4n) is 2.57. The average molecular weight is 318 g/mol. The first kappa shape index (κ1) is 14.8. The molecule has 0 spiro atoms. The molecule has 1 unspecified atom stereocenters. The Morgan fingerprint density at radius 3 is 3.14 bits per heavy atom. The molecule has 6 nitrogen and oxygen atoms in total. The predicted molar refractivity (Wildman–Crippen MR) is 85.8 cm³/mol. The number of rotatable bonds is 3. The molecule has 7 heteroatoms. The van der Waals surface area contributed by atoms with Crippen LogP contribution in [0.1, 0.15) is 29.1 Å². The van der Waals surface area contributed by atoms with Gasteiger partial charge in [-0.2, -0.15) is 0 Å². The molecule has 0 aliphatic carbocycles. The minimum absolute atomic E-state index is 0.107. The van der Waals surface area contributed by atoms with Gasteiger partial charge in [-0.1, -0.05) is 0 Å². The van der Waals surface area contributed by atoms with Crippen LogP contribution in [0.3, 0.4) is 0 Å². The third-order valence-electron chi connectivity index (χ3n) is 3.66. The zero-order chi connectivity index (χ0) is 15.7. The number of fused-ring (bicyclic) bond motifs is 1. The van der Waals surface area contributed by atoms with Crippen molar-refractivity contribution in [1.29, 1.82) is 0 Å². The molecule has 0 radical (unpaired) electrons. The zero-order valence-electron chi connectivity index (χ0n) is 12.5. The van der Waals surface area contributed by atoms with Crippen LogP contribution in [0.2, 0.25) is 0 Å². The van der Waals surface area contributed by atoms with Crippen molar-refractivity contribution in [3.05, 3.63) is 28.5 Å². The molecule has 0 saturated carbocycles. The zero-order valence-corrected chi connectivity index (χ0v) is 13.4. The SMILES string of the molecule is Cc1cn2c(C=CC(=O)NC3CCCNC3=O)c(C)nc2s1. The van der Waals surface area contributed by atoms with Crippen LogP contribution in [0.5, 0.6) is 0 Å². The van der Waals surface area contributed by atoms with E-state index in [9.17, 15) is 9.59 Å². The first-order valence-corrected chi connectivity index (χ1v) is 8.07. The molecular formula is C15H18N4O2S. The molecule has 1 saturated heterocycles. The molecule has 0 aromatic carbocycles. The number of nitrogens with zero attached hydrogens (tertiary/aromatic N) is 2. The summed E-state index contributed by atoms with van der Waals surface area (Å²) in [5.74, 6) is -0.368. The van der Waals surface area contributed by atoms with E-state index >= 15 is 0 Å². The highest BCUT2D eigenvalue weighted by molar-refractivity contribution is 7.17. The highest BCUT2D eigenvalue weighted by atomic mass is 32.1. The first-order valence-electron chi connectivity index (χ1n) is 7.26. The van der Waals surface area contributed by atoms with Crippen LogP contribution in [-0.4, -0.2) is 33.8 Å². The molecule has 2 aromatic heterocycles. The molecule has 1 aliphatic rings. The Morgan fingerprint density at radius 2 is 2.36 bits per heavy atom. The van der Waals surface area contributed by atoms with Crippen molar-refractivity contribution < 1.29 is 9.59 Å². The maximum atomic E-state index is 12.0. The van der Waals surface area contributed by atoms with Crippen LogP contribution in [0.25, 0.3) is 11.0 Å². The molecule has 1 fully saturated rings. The topological polar surface area (TPSA) is 75.5 Å². The van der Waals surface area contributed by atoms with E-state index in [4.69, 9.17) is 0 Å². The fourth-order valence-corrected chi connectivity index (χ4v) is 3.44. The summed E-state index contributed by atoms with van der Waals surface area (Å²) < 4.78 is 1.98. The van der Waals surface area contributed by atoms with Gasteiger partial charge in [0, 0.05) is 23.7 Å². The van der Waals surface area contributed by atoms with Gasteiger partial charge >= 0.3 is 0 Å². The molecule has 116 valence electrons. The maximum absolute atomic E-state index is 12.0. The molecule has 2 amide bonds. The summed E-state index contributed by atoms with van der Waals surface area (Å²) in [6.45, 7) is 4.63. The lowest BCUT2D eigenvalue weighted by atomic mass is 10.1. The Morgan fingerprint density at radius 1 is 1.55 bits per heavy atom. The van der Waals surface area contributed by atoms with Gasteiger partial charge in [0.1, 0.15) is 6.04 Å². The summed E-state index contributed by atoms with van der Waals surface area (Å²) in [7, 11) is 0. The van der Waals surface area contributed by atoms with Gasteiger partial charge < -0.3 is 10.6 Å². The molecule has 3 heterocycles. The van der Waals surface area contributed by atoms with Crippen molar-refractivity contribution in [2.24, 2.45) is 0 Å². The lowest BCUT2D eigenvalue weighted by Crippen LogP contribution is -2.49. The Hall–Kier alpha value is -2.15. The molecular weight excluding hydrogens is 300 g/mol. The molecule has 1 atom stereocenters. The monoisotopic (exact) mass is 318 g/mol. The number of piperidine rings is 1. The van der Waals surface area contributed by atoms with Gasteiger partial charge in [0.05, 0.1) is 11.4 Å². The quantitative estimate of drug-likeness (QED) is 0.841. The minimum atomic E-state index is -0.430. The number of aromatic nitrogens is 2. The van der Waals surface area contributed by atoms with Crippen molar-refractivity contribution in [1.82, 2.24) is 20.0 Å². The van der Waals surface area contributed by atoms with Crippen molar-refractivity contribution in [3.8, 4) is 0 Å². The summed E-state index contributed by atoms with van der Waals surface area (Å²) in [6, 6.07) is -0.430. The van der Waals surface area contributed by atoms with Crippen LogP contribution < -0.4 is 10.6 Å². The van der Waals surface area contributed by atoms with E-state index < -0.39 is 6.04 Å². The summed E-state index contributed by atoms with van der Waals surface area (Å²) >= 11 is 1.61. The van der Waals surface area contributed by atoms with Crippen molar-refractivity contribution in [2.45, 2.75) is 32.7 Å². The number of hydrogen-bond donors (Lipinski definition) is 2. The number of hydrogen-bond acceptors (Lipinski definition) is 4. The van der Waals surface area contributed by atoms with E-state index in [0.717, 1.165) is 22.8 Å². The molecule has 2 N–H and O–H groups in total. The van der Waals surface area contributed by atoms with Crippen LogP contribution in [0.15, 0.2) is 12.3 Å². The van der Waals surface area contributed by atoms with Gasteiger partial charge in [0.15, 0.2) is 4.96 Å². The van der Waals surface area contributed by atoms with Crippen LogP contribution in [-0.2, 0) is 9.59 Å². The number of carbonyl (C=O) groups is 2. The largest absolute Gasteiger partial charge is 0.354 e. The van der Waals surface area contributed by atoms with E-state index in [1.54, 1.807) is 17.4 Å². The van der Waals surface area contributed by atoms with Gasteiger partial charge in [-0.3, -0.25) is 14.0 Å². The van der Waals surface area contributed by atoms with E-state index in [-0.39, 0.29) is 11.8 Å². The Kier molecular flexibility index (Phi) is 3.98. The van der Waals surface area contributed by atoms with E-state index in [1.165, 1.54) is 11.0 Å². The van der Waals surface area contributed by atoms with Gasteiger partial charge in [0.25, 0.3) is 0 Å². The highest BCUT2D eigenvalue weighted by Gasteiger charge is 2.22. The van der Waals surface area contributed by atoms with Crippen molar-refractivity contribution in [3.63, 3.8) is 0 Å². The number of carbonyl (C=O) groups excluding carboxylic acids is 2. The minimum Gasteiger partial charge on any atom is -0.354 e. The highest BCUT2D eigenvalue weighted by Crippen LogP contribution is 2.21. The maximum Gasteiger partial charge on any atom is 0.244 e. The Bertz CT molecular complexity index is 759. The molecule has 22 heavy (non-hydrogen) atoms.